The molecule has 1 aromatic heterocycles. The molecule has 0 bridgehead atoms. The van der Waals surface area contributed by atoms with Crippen molar-refractivity contribution in [2.24, 2.45) is 5.41 Å². The molecule has 1 N–H and O–H groups in total. The molecule has 0 aliphatic heterocycles. The summed E-state index contributed by atoms with van der Waals surface area (Å²) in [5, 5.41) is 18.2. The van der Waals surface area contributed by atoms with Gasteiger partial charge in [-0.1, -0.05) is 41.1 Å². The molecule has 1 aliphatic rings. The van der Waals surface area contributed by atoms with E-state index >= 15 is 0 Å². The van der Waals surface area contributed by atoms with Crippen molar-refractivity contribution in [3.05, 3.63) is 58.4 Å². The number of aliphatic hydroxyl groups is 1. The maximum Gasteiger partial charge on any atom is 0.277 e. The van der Waals surface area contributed by atoms with Gasteiger partial charge in [-0.05, 0) is 43.0 Å². The fourth-order valence-electron chi connectivity index (χ4n) is 2.97. The minimum Gasteiger partial charge on any atom is -0.396 e. The third kappa shape index (κ3) is 2.61. The monoisotopic (exact) mass is 321 g/mol. The number of nitrogens with zero attached hydrogens (tertiary/aromatic N) is 3. The molecule has 0 unspecified atom stereocenters. The Bertz CT molecular complexity index is 957. The molecule has 1 saturated carbocycles. The number of fused-ring (bicyclic) bond motifs is 1. The SMILES string of the molecule is Cc1ccc(-c2ccc3nnn(CC4(CO)CC4)c(=O)c3c2)cc1. The topological polar surface area (TPSA) is 68.0 Å². The second kappa shape index (κ2) is 5.53. The largest absolute Gasteiger partial charge is 0.396 e. The van der Waals surface area contributed by atoms with Crippen molar-refractivity contribution >= 4 is 10.9 Å². The molecule has 0 spiro atoms. The van der Waals surface area contributed by atoms with E-state index in [2.05, 4.69) is 34.6 Å². The van der Waals surface area contributed by atoms with Crippen LogP contribution < -0.4 is 5.56 Å². The van der Waals surface area contributed by atoms with Crippen molar-refractivity contribution in [2.75, 3.05) is 6.61 Å². The second-order valence-corrected chi connectivity index (χ2v) is 6.81. The Morgan fingerprint density at radius 2 is 1.83 bits per heavy atom. The first-order valence-corrected chi connectivity index (χ1v) is 8.16. The number of aliphatic hydroxyl groups excluding tert-OH is 1. The highest BCUT2D eigenvalue weighted by atomic mass is 16.3. The van der Waals surface area contributed by atoms with Crippen molar-refractivity contribution in [2.45, 2.75) is 26.3 Å². The van der Waals surface area contributed by atoms with Gasteiger partial charge in [-0.15, -0.1) is 5.10 Å². The lowest BCUT2D eigenvalue weighted by Gasteiger charge is -2.12. The van der Waals surface area contributed by atoms with E-state index in [0.717, 1.165) is 24.0 Å². The summed E-state index contributed by atoms with van der Waals surface area (Å²) in [5.41, 5.74) is 3.53. The molecule has 0 atom stereocenters. The van der Waals surface area contributed by atoms with E-state index in [0.29, 0.717) is 17.4 Å². The lowest BCUT2D eigenvalue weighted by Crippen LogP contribution is -2.29. The van der Waals surface area contributed by atoms with Crippen LogP contribution in [0.4, 0.5) is 0 Å². The quantitative estimate of drug-likeness (QED) is 0.802. The third-order valence-electron chi connectivity index (χ3n) is 4.88. The van der Waals surface area contributed by atoms with Gasteiger partial charge in [0.1, 0.15) is 5.52 Å². The molecule has 1 heterocycles. The molecular weight excluding hydrogens is 302 g/mol. The van der Waals surface area contributed by atoms with Crippen LogP contribution in [0.1, 0.15) is 18.4 Å². The molecule has 5 heteroatoms. The van der Waals surface area contributed by atoms with Gasteiger partial charge in [-0.2, -0.15) is 0 Å². The predicted molar refractivity (Wildman–Crippen MR) is 92.7 cm³/mol. The van der Waals surface area contributed by atoms with Crippen LogP contribution in [-0.4, -0.2) is 26.7 Å². The van der Waals surface area contributed by atoms with E-state index in [1.54, 1.807) is 0 Å². The standard InChI is InChI=1S/C19H19N3O2/c1-13-2-4-14(5-3-13)15-6-7-17-16(10-15)18(24)22(21-20-17)11-19(12-23)8-9-19/h2-7,10,23H,8-9,11-12H2,1H3. The lowest BCUT2D eigenvalue weighted by molar-refractivity contribution is 0.187. The molecule has 1 aliphatic carbocycles. The number of hydrogen-bond acceptors (Lipinski definition) is 4. The summed E-state index contributed by atoms with van der Waals surface area (Å²) in [7, 11) is 0. The van der Waals surface area contributed by atoms with Crippen molar-refractivity contribution in [1.29, 1.82) is 0 Å². The molecule has 0 saturated heterocycles. The Morgan fingerprint density at radius 1 is 1.12 bits per heavy atom. The third-order valence-corrected chi connectivity index (χ3v) is 4.88. The van der Waals surface area contributed by atoms with Gasteiger partial charge < -0.3 is 5.11 Å². The van der Waals surface area contributed by atoms with Gasteiger partial charge in [0.15, 0.2) is 0 Å². The summed E-state index contributed by atoms with van der Waals surface area (Å²) in [5.74, 6) is 0. The van der Waals surface area contributed by atoms with Gasteiger partial charge in [-0.25, -0.2) is 4.68 Å². The minimum absolute atomic E-state index is 0.0859. The van der Waals surface area contributed by atoms with Gasteiger partial charge in [0.25, 0.3) is 5.56 Å². The van der Waals surface area contributed by atoms with E-state index in [9.17, 15) is 9.90 Å². The zero-order valence-electron chi connectivity index (χ0n) is 13.6. The highest BCUT2D eigenvalue weighted by molar-refractivity contribution is 5.83. The van der Waals surface area contributed by atoms with Gasteiger partial charge in [0.2, 0.25) is 0 Å². The molecule has 4 rings (SSSR count). The van der Waals surface area contributed by atoms with E-state index < -0.39 is 0 Å². The van der Waals surface area contributed by atoms with Gasteiger partial charge >= 0.3 is 0 Å². The molecule has 0 amide bonds. The average Bonchev–Trinajstić information content (AvgIpc) is 3.38. The number of aromatic nitrogens is 3. The fourth-order valence-corrected chi connectivity index (χ4v) is 2.97. The predicted octanol–water partition coefficient (Wildman–Crippen LogP) is 2.54. The molecule has 1 fully saturated rings. The summed E-state index contributed by atoms with van der Waals surface area (Å²) in [6, 6.07) is 13.9. The van der Waals surface area contributed by atoms with Crippen LogP contribution in [0.5, 0.6) is 0 Å². The number of hydrogen-bond donors (Lipinski definition) is 1. The van der Waals surface area contributed by atoms with Crippen LogP contribution in [0.2, 0.25) is 0 Å². The van der Waals surface area contributed by atoms with E-state index in [4.69, 9.17) is 0 Å². The Hall–Kier alpha value is -2.53. The molecular formula is C19H19N3O2. The normalized spacial score (nSPS) is 15.6. The molecule has 5 nitrogen and oxygen atoms in total. The van der Waals surface area contributed by atoms with Crippen LogP contribution in [0.25, 0.3) is 22.0 Å². The molecule has 3 aromatic rings. The van der Waals surface area contributed by atoms with Gasteiger partial charge in [0.05, 0.1) is 18.5 Å². The zero-order valence-corrected chi connectivity index (χ0v) is 13.6. The molecule has 122 valence electrons. The summed E-state index contributed by atoms with van der Waals surface area (Å²) in [6.45, 7) is 2.57. The van der Waals surface area contributed by atoms with Crippen LogP contribution >= 0.6 is 0 Å². The second-order valence-electron chi connectivity index (χ2n) is 6.81. The van der Waals surface area contributed by atoms with E-state index in [-0.39, 0.29) is 17.6 Å². The molecule has 24 heavy (non-hydrogen) atoms. The van der Waals surface area contributed by atoms with E-state index in [1.807, 2.05) is 25.1 Å². The lowest BCUT2D eigenvalue weighted by atomic mass is 10.0. The first kappa shape index (κ1) is 15.0. The summed E-state index contributed by atoms with van der Waals surface area (Å²) < 4.78 is 1.39. The molecule has 0 radical (unpaired) electrons. The van der Waals surface area contributed by atoms with Crippen molar-refractivity contribution in [3.8, 4) is 11.1 Å². The Labute approximate surface area is 139 Å². The maximum atomic E-state index is 12.8. The maximum absolute atomic E-state index is 12.8. The highest BCUT2D eigenvalue weighted by Crippen LogP contribution is 2.46. The first-order valence-electron chi connectivity index (χ1n) is 8.16. The number of rotatable bonds is 4. The van der Waals surface area contributed by atoms with Crippen LogP contribution in [0.3, 0.4) is 0 Å². The summed E-state index contributed by atoms with van der Waals surface area (Å²) in [4.78, 5) is 12.8. The van der Waals surface area contributed by atoms with Crippen molar-refractivity contribution in [3.63, 3.8) is 0 Å². The summed E-state index contributed by atoms with van der Waals surface area (Å²) >= 11 is 0. The number of aryl methyl sites for hydroxylation is 1. The van der Waals surface area contributed by atoms with Crippen molar-refractivity contribution < 1.29 is 5.11 Å². The smallest absolute Gasteiger partial charge is 0.277 e. The Kier molecular flexibility index (Phi) is 3.46. The number of benzene rings is 2. The highest BCUT2D eigenvalue weighted by Gasteiger charge is 2.43. The first-order chi connectivity index (χ1) is 11.6. The Morgan fingerprint density at radius 3 is 2.50 bits per heavy atom. The average molecular weight is 321 g/mol. The summed E-state index contributed by atoms with van der Waals surface area (Å²) in [6.07, 6.45) is 1.86. The fraction of sp³-hybridized carbons (Fsp3) is 0.316. The Balaban J connectivity index is 1.78. The van der Waals surface area contributed by atoms with E-state index in [1.165, 1.54) is 10.2 Å². The van der Waals surface area contributed by atoms with Crippen molar-refractivity contribution in [1.82, 2.24) is 15.0 Å². The van der Waals surface area contributed by atoms with Crippen LogP contribution in [0.15, 0.2) is 47.3 Å². The zero-order chi connectivity index (χ0) is 16.7. The van der Waals surface area contributed by atoms with Crippen LogP contribution in [0, 0.1) is 12.3 Å². The van der Waals surface area contributed by atoms with Gasteiger partial charge in [0, 0.05) is 5.41 Å². The van der Waals surface area contributed by atoms with Crippen LogP contribution in [-0.2, 0) is 6.54 Å². The minimum atomic E-state index is -0.180. The van der Waals surface area contributed by atoms with Gasteiger partial charge in [-0.3, -0.25) is 4.79 Å². The molecule has 2 aromatic carbocycles.